The molecule has 0 bridgehead atoms. The molecular weight excluding hydrogens is 273 g/mol. The van der Waals surface area contributed by atoms with E-state index in [1.54, 1.807) is 24.3 Å². The first-order chi connectivity index (χ1) is 9.45. The standard InChI is InChI=1S/C15H16FN3S/c1-8-4-11(20-10(8)3)7-19-14-5-9(2)12(16)6-13(14)18-15(19)17/h4-6H,7H2,1-3H3,(H2,17,18). The number of rotatable bonds is 2. The summed E-state index contributed by atoms with van der Waals surface area (Å²) >= 11 is 1.76. The van der Waals surface area contributed by atoms with Gasteiger partial charge in [-0.25, -0.2) is 9.37 Å². The van der Waals surface area contributed by atoms with E-state index in [0.29, 0.717) is 23.6 Å². The third-order valence-electron chi connectivity index (χ3n) is 3.59. The van der Waals surface area contributed by atoms with Crippen molar-refractivity contribution >= 4 is 28.3 Å². The minimum absolute atomic E-state index is 0.245. The van der Waals surface area contributed by atoms with Crippen LogP contribution in [0.5, 0.6) is 0 Å². The molecule has 2 heterocycles. The number of fused-ring (bicyclic) bond motifs is 1. The molecule has 2 aromatic heterocycles. The fourth-order valence-corrected chi connectivity index (χ4v) is 3.36. The molecule has 0 aliphatic heterocycles. The average Bonchev–Trinajstić information content (AvgIpc) is 2.83. The van der Waals surface area contributed by atoms with Crippen molar-refractivity contribution in [1.29, 1.82) is 0 Å². The highest BCUT2D eigenvalue weighted by atomic mass is 32.1. The first-order valence-electron chi connectivity index (χ1n) is 6.43. The van der Waals surface area contributed by atoms with Gasteiger partial charge in [-0.1, -0.05) is 0 Å². The van der Waals surface area contributed by atoms with E-state index in [2.05, 4.69) is 24.9 Å². The summed E-state index contributed by atoms with van der Waals surface area (Å²) in [5, 5.41) is 0. The van der Waals surface area contributed by atoms with Gasteiger partial charge in [0, 0.05) is 15.8 Å². The molecule has 5 heteroatoms. The molecular formula is C15H16FN3S. The Morgan fingerprint density at radius 2 is 1.95 bits per heavy atom. The van der Waals surface area contributed by atoms with Crippen LogP contribution in [0.2, 0.25) is 0 Å². The Balaban J connectivity index is 2.11. The number of nitrogens with zero attached hydrogens (tertiary/aromatic N) is 2. The number of halogens is 1. The maximum absolute atomic E-state index is 13.6. The molecule has 2 N–H and O–H groups in total. The van der Waals surface area contributed by atoms with Crippen molar-refractivity contribution in [2.24, 2.45) is 0 Å². The predicted molar refractivity (Wildman–Crippen MR) is 81.7 cm³/mol. The van der Waals surface area contributed by atoms with E-state index in [1.807, 2.05) is 4.57 Å². The normalized spacial score (nSPS) is 11.4. The van der Waals surface area contributed by atoms with Crippen molar-refractivity contribution in [1.82, 2.24) is 9.55 Å². The zero-order valence-electron chi connectivity index (χ0n) is 11.7. The van der Waals surface area contributed by atoms with E-state index in [0.717, 1.165) is 5.52 Å². The van der Waals surface area contributed by atoms with E-state index in [-0.39, 0.29) is 5.82 Å². The van der Waals surface area contributed by atoms with E-state index < -0.39 is 0 Å². The molecule has 0 aliphatic carbocycles. The van der Waals surface area contributed by atoms with Crippen LogP contribution < -0.4 is 5.73 Å². The van der Waals surface area contributed by atoms with E-state index >= 15 is 0 Å². The largest absolute Gasteiger partial charge is 0.369 e. The predicted octanol–water partition coefficient (Wildman–Crippen LogP) is 3.79. The van der Waals surface area contributed by atoms with Gasteiger partial charge in [0.2, 0.25) is 5.95 Å². The van der Waals surface area contributed by atoms with Crippen molar-refractivity contribution in [3.8, 4) is 0 Å². The second kappa shape index (κ2) is 4.59. The number of hydrogen-bond donors (Lipinski definition) is 1. The van der Waals surface area contributed by atoms with Crippen LogP contribution in [0.15, 0.2) is 18.2 Å². The van der Waals surface area contributed by atoms with Crippen LogP contribution in [-0.4, -0.2) is 9.55 Å². The monoisotopic (exact) mass is 289 g/mol. The average molecular weight is 289 g/mol. The molecule has 104 valence electrons. The Morgan fingerprint density at radius 1 is 1.20 bits per heavy atom. The van der Waals surface area contributed by atoms with Gasteiger partial charge in [-0.15, -0.1) is 11.3 Å². The van der Waals surface area contributed by atoms with Gasteiger partial charge < -0.3 is 10.3 Å². The third kappa shape index (κ3) is 2.08. The van der Waals surface area contributed by atoms with E-state index in [9.17, 15) is 4.39 Å². The fraction of sp³-hybridized carbons (Fsp3) is 0.267. The number of nitrogens with two attached hydrogens (primary N) is 1. The Bertz CT molecular complexity index is 782. The van der Waals surface area contributed by atoms with Gasteiger partial charge in [-0.3, -0.25) is 0 Å². The molecule has 3 rings (SSSR count). The van der Waals surface area contributed by atoms with Crippen molar-refractivity contribution in [3.63, 3.8) is 0 Å². The molecule has 0 saturated carbocycles. The first-order valence-corrected chi connectivity index (χ1v) is 7.25. The summed E-state index contributed by atoms with van der Waals surface area (Å²) in [6.45, 7) is 6.64. The third-order valence-corrected chi connectivity index (χ3v) is 4.73. The van der Waals surface area contributed by atoms with Gasteiger partial charge in [0.1, 0.15) is 5.82 Å². The molecule has 1 aromatic carbocycles. The highest BCUT2D eigenvalue weighted by Gasteiger charge is 2.12. The molecule has 0 amide bonds. The summed E-state index contributed by atoms with van der Waals surface area (Å²) in [6.07, 6.45) is 0. The number of anilines is 1. The van der Waals surface area contributed by atoms with Gasteiger partial charge in [0.05, 0.1) is 17.6 Å². The topological polar surface area (TPSA) is 43.8 Å². The maximum atomic E-state index is 13.6. The molecule has 0 spiro atoms. The molecule has 3 nitrogen and oxygen atoms in total. The van der Waals surface area contributed by atoms with Crippen molar-refractivity contribution < 1.29 is 4.39 Å². The number of aromatic nitrogens is 2. The minimum Gasteiger partial charge on any atom is -0.369 e. The van der Waals surface area contributed by atoms with Crippen molar-refractivity contribution in [3.05, 3.63) is 44.9 Å². The zero-order chi connectivity index (χ0) is 14.4. The summed E-state index contributed by atoms with van der Waals surface area (Å²) in [5.74, 6) is 0.179. The quantitative estimate of drug-likeness (QED) is 0.780. The molecule has 0 radical (unpaired) electrons. The van der Waals surface area contributed by atoms with E-state index in [4.69, 9.17) is 5.73 Å². The van der Waals surface area contributed by atoms with Crippen LogP contribution in [-0.2, 0) is 6.54 Å². The van der Waals surface area contributed by atoms with Crippen LogP contribution >= 0.6 is 11.3 Å². The highest BCUT2D eigenvalue weighted by molar-refractivity contribution is 7.12. The second-order valence-electron chi connectivity index (χ2n) is 5.10. The highest BCUT2D eigenvalue weighted by Crippen LogP contribution is 2.26. The van der Waals surface area contributed by atoms with Crippen molar-refractivity contribution in [2.75, 3.05) is 5.73 Å². The van der Waals surface area contributed by atoms with Crippen LogP contribution in [0.4, 0.5) is 10.3 Å². The lowest BCUT2D eigenvalue weighted by molar-refractivity contribution is 0.620. The summed E-state index contributed by atoms with van der Waals surface area (Å²) in [7, 11) is 0. The van der Waals surface area contributed by atoms with Crippen LogP contribution in [0, 0.1) is 26.6 Å². The van der Waals surface area contributed by atoms with Gasteiger partial charge in [-0.05, 0) is 44.0 Å². The van der Waals surface area contributed by atoms with Crippen LogP contribution in [0.3, 0.4) is 0 Å². The molecule has 0 unspecified atom stereocenters. The Hall–Kier alpha value is -1.88. The van der Waals surface area contributed by atoms with Crippen LogP contribution in [0.1, 0.15) is 20.9 Å². The summed E-state index contributed by atoms with van der Waals surface area (Å²) in [5.41, 5.74) is 9.36. The zero-order valence-corrected chi connectivity index (χ0v) is 12.5. The lowest BCUT2D eigenvalue weighted by Crippen LogP contribution is -2.03. The first kappa shape index (κ1) is 13.1. The molecule has 0 saturated heterocycles. The number of thiophene rings is 1. The Morgan fingerprint density at radius 3 is 2.60 bits per heavy atom. The Labute approximate surface area is 120 Å². The number of hydrogen-bond acceptors (Lipinski definition) is 3. The smallest absolute Gasteiger partial charge is 0.201 e. The van der Waals surface area contributed by atoms with Gasteiger partial charge >= 0.3 is 0 Å². The summed E-state index contributed by atoms with van der Waals surface area (Å²) in [6, 6.07) is 5.42. The maximum Gasteiger partial charge on any atom is 0.201 e. The molecule has 0 atom stereocenters. The summed E-state index contributed by atoms with van der Waals surface area (Å²) < 4.78 is 15.5. The number of benzene rings is 1. The fourth-order valence-electron chi connectivity index (χ4n) is 2.32. The summed E-state index contributed by atoms with van der Waals surface area (Å²) in [4.78, 5) is 6.79. The minimum atomic E-state index is -0.245. The van der Waals surface area contributed by atoms with E-state index in [1.165, 1.54) is 21.4 Å². The molecule has 3 aromatic rings. The van der Waals surface area contributed by atoms with Crippen molar-refractivity contribution in [2.45, 2.75) is 27.3 Å². The van der Waals surface area contributed by atoms with Crippen LogP contribution in [0.25, 0.3) is 11.0 Å². The molecule has 20 heavy (non-hydrogen) atoms. The molecule has 0 fully saturated rings. The SMILES string of the molecule is Cc1cc2c(cc1F)nc(N)n2Cc1cc(C)c(C)s1. The number of nitrogen functional groups attached to an aromatic ring is 1. The van der Waals surface area contributed by atoms with Gasteiger partial charge in [0.15, 0.2) is 0 Å². The lowest BCUT2D eigenvalue weighted by atomic mass is 10.2. The Kier molecular flexibility index (Phi) is 3.01. The lowest BCUT2D eigenvalue weighted by Gasteiger charge is -2.05. The molecule has 0 aliphatic rings. The number of imidazole rings is 1. The second-order valence-corrected chi connectivity index (χ2v) is 6.44. The van der Waals surface area contributed by atoms with Gasteiger partial charge in [-0.2, -0.15) is 0 Å². The van der Waals surface area contributed by atoms with Gasteiger partial charge in [0.25, 0.3) is 0 Å². The number of aryl methyl sites for hydroxylation is 3.